The van der Waals surface area contributed by atoms with Crippen LogP contribution >= 0.6 is 0 Å². The third-order valence-electron chi connectivity index (χ3n) is 3.92. The molecule has 0 aromatic heterocycles. The molecule has 2 unspecified atom stereocenters. The van der Waals surface area contributed by atoms with Crippen molar-refractivity contribution in [3.05, 3.63) is 35.9 Å². The summed E-state index contributed by atoms with van der Waals surface area (Å²) in [6.07, 6.45) is 0.812. The van der Waals surface area contributed by atoms with Crippen LogP contribution in [-0.2, 0) is 20.9 Å². The molecule has 1 aliphatic rings. The fourth-order valence-electron chi connectivity index (χ4n) is 2.67. The first-order valence-corrected chi connectivity index (χ1v) is 7.24. The Morgan fingerprint density at radius 3 is 2.62 bits per heavy atom. The number of carbonyl (C=O) groups excluding carboxylic acids is 2. The molecule has 1 aliphatic heterocycles. The van der Waals surface area contributed by atoms with Crippen LogP contribution in [0.15, 0.2) is 30.3 Å². The van der Waals surface area contributed by atoms with E-state index in [4.69, 9.17) is 4.74 Å². The van der Waals surface area contributed by atoms with Gasteiger partial charge in [-0.2, -0.15) is 0 Å². The van der Waals surface area contributed by atoms with Gasteiger partial charge in [0.1, 0.15) is 6.54 Å². The highest BCUT2D eigenvalue weighted by molar-refractivity contribution is 5.84. The number of hydrogen-bond donors (Lipinski definition) is 1. The van der Waals surface area contributed by atoms with Gasteiger partial charge in [-0.05, 0) is 25.5 Å². The van der Waals surface area contributed by atoms with Gasteiger partial charge in [0.25, 0.3) is 0 Å². The van der Waals surface area contributed by atoms with Gasteiger partial charge in [-0.25, -0.2) is 0 Å². The summed E-state index contributed by atoms with van der Waals surface area (Å²) in [7, 11) is 1.34. The SMILES string of the molecule is COC(=O)CN(Cc1ccccc1)C(=O)C1CCNC1C. The van der Waals surface area contributed by atoms with E-state index in [2.05, 4.69) is 5.32 Å². The zero-order valence-electron chi connectivity index (χ0n) is 12.5. The Bertz CT molecular complexity index is 490. The Labute approximate surface area is 125 Å². The van der Waals surface area contributed by atoms with E-state index in [9.17, 15) is 9.59 Å². The topological polar surface area (TPSA) is 58.6 Å². The maximum atomic E-state index is 12.7. The minimum atomic E-state index is -0.391. The molecule has 114 valence electrons. The number of ether oxygens (including phenoxy) is 1. The van der Waals surface area contributed by atoms with Crippen LogP contribution in [0.4, 0.5) is 0 Å². The highest BCUT2D eigenvalue weighted by atomic mass is 16.5. The van der Waals surface area contributed by atoms with Crippen molar-refractivity contribution >= 4 is 11.9 Å². The molecule has 0 radical (unpaired) electrons. The zero-order valence-corrected chi connectivity index (χ0v) is 12.5. The van der Waals surface area contributed by atoms with Gasteiger partial charge in [-0.3, -0.25) is 9.59 Å². The number of esters is 1. The molecule has 1 fully saturated rings. The van der Waals surface area contributed by atoms with Crippen molar-refractivity contribution in [2.45, 2.75) is 25.9 Å². The molecule has 2 rings (SSSR count). The molecule has 0 spiro atoms. The average Bonchev–Trinajstić information content (AvgIpc) is 2.93. The van der Waals surface area contributed by atoms with E-state index in [1.54, 1.807) is 4.90 Å². The van der Waals surface area contributed by atoms with Crippen molar-refractivity contribution in [2.24, 2.45) is 5.92 Å². The smallest absolute Gasteiger partial charge is 0.325 e. The molecule has 1 amide bonds. The molecule has 1 aromatic rings. The van der Waals surface area contributed by atoms with Gasteiger partial charge in [0.2, 0.25) is 5.91 Å². The normalized spacial score (nSPS) is 21.0. The van der Waals surface area contributed by atoms with Gasteiger partial charge in [0.15, 0.2) is 0 Å². The van der Waals surface area contributed by atoms with E-state index in [0.717, 1.165) is 18.5 Å². The Morgan fingerprint density at radius 1 is 1.33 bits per heavy atom. The molecule has 21 heavy (non-hydrogen) atoms. The Kier molecular flexibility index (Phi) is 5.33. The monoisotopic (exact) mass is 290 g/mol. The van der Waals surface area contributed by atoms with E-state index in [1.165, 1.54) is 7.11 Å². The van der Waals surface area contributed by atoms with Gasteiger partial charge < -0.3 is 15.0 Å². The van der Waals surface area contributed by atoms with Gasteiger partial charge in [-0.15, -0.1) is 0 Å². The van der Waals surface area contributed by atoms with Crippen LogP contribution in [0, 0.1) is 5.92 Å². The van der Waals surface area contributed by atoms with E-state index in [-0.39, 0.29) is 24.4 Å². The fourth-order valence-corrected chi connectivity index (χ4v) is 2.67. The summed E-state index contributed by atoms with van der Waals surface area (Å²) in [5.74, 6) is -0.446. The molecular weight excluding hydrogens is 268 g/mol. The molecule has 0 bridgehead atoms. The molecule has 0 saturated carbocycles. The largest absolute Gasteiger partial charge is 0.468 e. The summed E-state index contributed by atoms with van der Waals surface area (Å²) >= 11 is 0. The molecular formula is C16H22N2O3. The summed E-state index contributed by atoms with van der Waals surface area (Å²) in [6, 6.07) is 9.83. The number of methoxy groups -OCH3 is 1. The van der Waals surface area contributed by atoms with Crippen LogP contribution in [0.2, 0.25) is 0 Å². The van der Waals surface area contributed by atoms with Crippen LogP contribution in [0.5, 0.6) is 0 Å². The molecule has 0 aliphatic carbocycles. The molecule has 1 N–H and O–H groups in total. The maximum Gasteiger partial charge on any atom is 0.325 e. The van der Waals surface area contributed by atoms with Crippen molar-refractivity contribution in [2.75, 3.05) is 20.2 Å². The first-order chi connectivity index (χ1) is 10.1. The summed E-state index contributed by atoms with van der Waals surface area (Å²) in [5.41, 5.74) is 1.01. The summed E-state index contributed by atoms with van der Waals surface area (Å²) < 4.78 is 4.71. The van der Waals surface area contributed by atoms with Gasteiger partial charge in [0.05, 0.1) is 13.0 Å². The van der Waals surface area contributed by atoms with Crippen LogP contribution in [0.3, 0.4) is 0 Å². The van der Waals surface area contributed by atoms with Crippen molar-refractivity contribution < 1.29 is 14.3 Å². The highest BCUT2D eigenvalue weighted by Crippen LogP contribution is 2.19. The standard InChI is InChI=1S/C16H22N2O3/c1-12-14(8-9-17-12)16(20)18(11-15(19)21-2)10-13-6-4-3-5-7-13/h3-7,12,14,17H,8-11H2,1-2H3. The first-order valence-electron chi connectivity index (χ1n) is 7.24. The quantitative estimate of drug-likeness (QED) is 0.828. The van der Waals surface area contributed by atoms with Crippen LogP contribution in [0.1, 0.15) is 18.9 Å². The van der Waals surface area contributed by atoms with Crippen LogP contribution < -0.4 is 5.32 Å². The second-order valence-corrected chi connectivity index (χ2v) is 5.39. The molecule has 1 aromatic carbocycles. The van der Waals surface area contributed by atoms with Crippen molar-refractivity contribution in [1.82, 2.24) is 10.2 Å². The van der Waals surface area contributed by atoms with Gasteiger partial charge >= 0.3 is 5.97 Å². The molecule has 1 saturated heterocycles. The number of benzene rings is 1. The lowest BCUT2D eigenvalue weighted by Gasteiger charge is -2.26. The van der Waals surface area contributed by atoms with Gasteiger partial charge in [-0.1, -0.05) is 30.3 Å². The molecule has 5 nitrogen and oxygen atoms in total. The lowest BCUT2D eigenvalue weighted by molar-refractivity contribution is -0.149. The number of hydrogen-bond acceptors (Lipinski definition) is 4. The predicted octanol–water partition coefficient (Wildman–Crippen LogP) is 1.19. The number of nitrogens with one attached hydrogen (secondary N) is 1. The van der Waals surface area contributed by atoms with E-state index >= 15 is 0 Å². The van der Waals surface area contributed by atoms with Crippen molar-refractivity contribution in [1.29, 1.82) is 0 Å². The number of amides is 1. The fraction of sp³-hybridized carbons (Fsp3) is 0.500. The third-order valence-corrected chi connectivity index (χ3v) is 3.92. The summed E-state index contributed by atoms with van der Waals surface area (Å²) in [4.78, 5) is 25.9. The Hall–Kier alpha value is -1.88. The lowest BCUT2D eigenvalue weighted by Crippen LogP contribution is -2.42. The third kappa shape index (κ3) is 4.04. The van der Waals surface area contributed by atoms with E-state index < -0.39 is 5.97 Å². The Balaban J connectivity index is 2.11. The lowest BCUT2D eigenvalue weighted by atomic mass is 10.00. The van der Waals surface area contributed by atoms with Crippen LogP contribution in [-0.4, -0.2) is 43.0 Å². The number of nitrogens with zero attached hydrogens (tertiary/aromatic N) is 1. The second kappa shape index (κ2) is 7.22. The van der Waals surface area contributed by atoms with Crippen molar-refractivity contribution in [3.63, 3.8) is 0 Å². The van der Waals surface area contributed by atoms with E-state index in [1.807, 2.05) is 37.3 Å². The van der Waals surface area contributed by atoms with E-state index in [0.29, 0.717) is 6.54 Å². The Morgan fingerprint density at radius 2 is 2.05 bits per heavy atom. The van der Waals surface area contributed by atoms with Crippen molar-refractivity contribution in [3.8, 4) is 0 Å². The van der Waals surface area contributed by atoms with Crippen LogP contribution in [0.25, 0.3) is 0 Å². The predicted molar refractivity (Wildman–Crippen MR) is 79.4 cm³/mol. The minimum Gasteiger partial charge on any atom is -0.468 e. The second-order valence-electron chi connectivity index (χ2n) is 5.39. The number of carbonyl (C=O) groups is 2. The average molecular weight is 290 g/mol. The molecule has 1 heterocycles. The first kappa shape index (κ1) is 15.5. The van der Waals surface area contributed by atoms with Gasteiger partial charge in [0, 0.05) is 12.6 Å². The summed E-state index contributed by atoms with van der Waals surface area (Å²) in [6.45, 7) is 3.27. The molecule has 5 heteroatoms. The zero-order chi connectivity index (χ0) is 15.2. The summed E-state index contributed by atoms with van der Waals surface area (Å²) in [5, 5.41) is 3.27. The molecule has 2 atom stereocenters. The maximum absolute atomic E-state index is 12.7. The highest BCUT2D eigenvalue weighted by Gasteiger charge is 2.33. The minimum absolute atomic E-state index is 0.00650. The number of rotatable bonds is 5.